The fraction of sp³-hybridized carbons (Fsp3) is 0.286. The fourth-order valence-electron chi connectivity index (χ4n) is 3.47. The monoisotopic (exact) mass is 444 g/mol. The van der Waals surface area contributed by atoms with E-state index in [0.29, 0.717) is 44.4 Å². The van der Waals surface area contributed by atoms with Gasteiger partial charge in [-0.3, -0.25) is 15.1 Å². The molecule has 0 amide bonds. The van der Waals surface area contributed by atoms with Gasteiger partial charge in [-0.1, -0.05) is 23.2 Å². The van der Waals surface area contributed by atoms with Crippen LogP contribution in [0.2, 0.25) is 10.0 Å². The summed E-state index contributed by atoms with van der Waals surface area (Å²) in [6.07, 6.45) is 8.74. The van der Waals surface area contributed by atoms with Crippen LogP contribution in [0, 0.1) is 5.41 Å². The zero-order chi connectivity index (χ0) is 21.1. The average Bonchev–Trinajstić information content (AvgIpc) is 3.25. The molecule has 0 bridgehead atoms. The number of nitrogens with one attached hydrogen (secondary N) is 2. The second-order valence-electron chi connectivity index (χ2n) is 7.18. The summed E-state index contributed by atoms with van der Waals surface area (Å²) in [5.74, 6) is 0.568. The van der Waals surface area contributed by atoms with Gasteiger partial charge in [0.2, 0.25) is 0 Å². The van der Waals surface area contributed by atoms with Crippen LogP contribution in [0.3, 0.4) is 0 Å². The number of halogens is 2. The molecule has 1 aromatic carbocycles. The molecule has 1 aliphatic heterocycles. The predicted octanol–water partition coefficient (Wildman–Crippen LogP) is 4.09. The summed E-state index contributed by atoms with van der Waals surface area (Å²) < 4.78 is 7.81. The average molecular weight is 445 g/mol. The molecule has 1 fully saturated rings. The molecule has 4 N–H and O–H groups in total. The molecule has 0 saturated carbocycles. The van der Waals surface area contributed by atoms with Crippen molar-refractivity contribution in [1.82, 2.24) is 20.1 Å². The van der Waals surface area contributed by atoms with E-state index in [0.717, 1.165) is 31.5 Å². The van der Waals surface area contributed by atoms with Gasteiger partial charge >= 0.3 is 0 Å². The topological polar surface area (TPSA) is 102 Å². The number of anilines is 1. The number of nitrogens with two attached hydrogens (primary N) is 1. The minimum Gasteiger partial charge on any atom is -0.489 e. The smallest absolute Gasteiger partial charge is 0.120 e. The lowest BCUT2D eigenvalue weighted by Gasteiger charge is -2.22. The van der Waals surface area contributed by atoms with Crippen molar-refractivity contribution in [3.05, 3.63) is 69.7 Å². The van der Waals surface area contributed by atoms with Crippen molar-refractivity contribution in [3.8, 4) is 5.75 Å². The SMILES string of the molecule is N=C(c1cnn(C2CCNCC2)c1)c1cc(OCc2c(Cl)cncc2Cl)ccc1N. The van der Waals surface area contributed by atoms with Crippen LogP contribution >= 0.6 is 23.2 Å². The summed E-state index contributed by atoms with van der Waals surface area (Å²) in [5, 5.41) is 17.4. The first-order valence-corrected chi connectivity index (χ1v) is 10.4. The summed E-state index contributed by atoms with van der Waals surface area (Å²) in [4.78, 5) is 3.94. The van der Waals surface area contributed by atoms with Crippen molar-refractivity contribution >= 4 is 34.6 Å². The first kappa shape index (κ1) is 20.7. The predicted molar refractivity (Wildman–Crippen MR) is 119 cm³/mol. The number of hydrogen-bond acceptors (Lipinski definition) is 6. The fourth-order valence-corrected chi connectivity index (χ4v) is 3.94. The molecule has 1 aliphatic rings. The van der Waals surface area contributed by atoms with Gasteiger partial charge in [-0.05, 0) is 44.1 Å². The zero-order valence-electron chi connectivity index (χ0n) is 16.2. The Labute approximate surface area is 184 Å². The summed E-state index contributed by atoms with van der Waals surface area (Å²) >= 11 is 12.3. The minimum absolute atomic E-state index is 0.185. The van der Waals surface area contributed by atoms with Crippen LogP contribution in [-0.2, 0) is 6.61 Å². The Balaban J connectivity index is 1.51. The Bertz CT molecular complexity index is 1040. The van der Waals surface area contributed by atoms with Gasteiger partial charge in [-0.2, -0.15) is 5.10 Å². The Morgan fingerprint density at radius 1 is 1.20 bits per heavy atom. The number of nitrogen functional groups attached to an aromatic ring is 1. The van der Waals surface area contributed by atoms with E-state index in [4.69, 9.17) is 39.1 Å². The van der Waals surface area contributed by atoms with E-state index < -0.39 is 0 Å². The molecule has 4 rings (SSSR count). The molecule has 2 aromatic heterocycles. The molecule has 30 heavy (non-hydrogen) atoms. The Morgan fingerprint density at radius 2 is 1.93 bits per heavy atom. The summed E-state index contributed by atoms with van der Waals surface area (Å²) in [6.45, 7) is 2.15. The highest BCUT2D eigenvalue weighted by atomic mass is 35.5. The Hall–Kier alpha value is -2.61. The van der Waals surface area contributed by atoms with E-state index in [1.807, 2.05) is 10.9 Å². The van der Waals surface area contributed by atoms with Crippen LogP contribution in [0.4, 0.5) is 5.69 Å². The van der Waals surface area contributed by atoms with Gasteiger partial charge in [-0.15, -0.1) is 0 Å². The molecule has 0 spiro atoms. The van der Waals surface area contributed by atoms with Crippen LogP contribution in [-0.4, -0.2) is 33.6 Å². The molecule has 0 radical (unpaired) electrons. The highest BCUT2D eigenvalue weighted by molar-refractivity contribution is 6.35. The maximum Gasteiger partial charge on any atom is 0.120 e. The van der Waals surface area contributed by atoms with Crippen LogP contribution in [0.15, 0.2) is 43.0 Å². The van der Waals surface area contributed by atoms with Crippen molar-refractivity contribution in [3.63, 3.8) is 0 Å². The Kier molecular flexibility index (Phi) is 6.22. The number of benzene rings is 1. The Morgan fingerprint density at radius 3 is 2.67 bits per heavy atom. The molecular formula is C21H22Cl2N6O. The van der Waals surface area contributed by atoms with Gasteiger partial charge in [-0.25, -0.2) is 0 Å². The molecule has 7 nitrogen and oxygen atoms in total. The van der Waals surface area contributed by atoms with E-state index in [-0.39, 0.29) is 6.61 Å². The van der Waals surface area contributed by atoms with E-state index in [1.165, 1.54) is 12.4 Å². The van der Waals surface area contributed by atoms with E-state index in [9.17, 15) is 0 Å². The van der Waals surface area contributed by atoms with Crippen molar-refractivity contribution in [2.45, 2.75) is 25.5 Å². The second kappa shape index (κ2) is 9.04. The lowest BCUT2D eigenvalue weighted by molar-refractivity contribution is 0.306. The molecule has 156 valence electrons. The number of pyridine rings is 1. The summed E-state index contributed by atoms with van der Waals surface area (Å²) in [7, 11) is 0. The highest BCUT2D eigenvalue weighted by Crippen LogP contribution is 2.27. The molecule has 0 unspecified atom stereocenters. The van der Waals surface area contributed by atoms with Gasteiger partial charge in [0.1, 0.15) is 12.4 Å². The first-order valence-electron chi connectivity index (χ1n) is 9.67. The van der Waals surface area contributed by atoms with Crippen molar-refractivity contribution in [2.24, 2.45) is 0 Å². The molecule has 3 heterocycles. The molecular weight excluding hydrogens is 423 g/mol. The number of hydrogen-bond donors (Lipinski definition) is 3. The van der Waals surface area contributed by atoms with E-state index in [2.05, 4.69) is 15.4 Å². The largest absolute Gasteiger partial charge is 0.489 e. The normalized spacial score (nSPS) is 14.6. The van der Waals surface area contributed by atoms with E-state index in [1.54, 1.807) is 24.4 Å². The number of nitrogens with zero attached hydrogens (tertiary/aromatic N) is 3. The van der Waals surface area contributed by atoms with Crippen LogP contribution < -0.4 is 15.8 Å². The lowest BCUT2D eigenvalue weighted by atomic mass is 10.0. The number of aromatic nitrogens is 3. The maximum absolute atomic E-state index is 8.65. The molecule has 0 atom stereocenters. The zero-order valence-corrected chi connectivity index (χ0v) is 17.7. The molecule has 9 heteroatoms. The van der Waals surface area contributed by atoms with Crippen LogP contribution in [0.1, 0.15) is 35.6 Å². The van der Waals surface area contributed by atoms with Gasteiger partial charge < -0.3 is 15.8 Å². The summed E-state index contributed by atoms with van der Waals surface area (Å²) in [6, 6.07) is 5.59. The van der Waals surface area contributed by atoms with E-state index >= 15 is 0 Å². The second-order valence-corrected chi connectivity index (χ2v) is 8.00. The van der Waals surface area contributed by atoms with Crippen LogP contribution in [0.25, 0.3) is 0 Å². The minimum atomic E-state index is 0.185. The highest BCUT2D eigenvalue weighted by Gasteiger charge is 2.18. The third kappa shape index (κ3) is 4.43. The maximum atomic E-state index is 8.65. The quantitative estimate of drug-likeness (QED) is 0.392. The lowest BCUT2D eigenvalue weighted by Crippen LogP contribution is -2.29. The van der Waals surface area contributed by atoms with Crippen molar-refractivity contribution in [2.75, 3.05) is 18.8 Å². The first-order chi connectivity index (χ1) is 14.5. The molecule has 0 aliphatic carbocycles. The third-order valence-corrected chi connectivity index (χ3v) is 5.85. The van der Waals surface area contributed by atoms with Crippen LogP contribution in [0.5, 0.6) is 5.75 Å². The van der Waals surface area contributed by atoms with Crippen molar-refractivity contribution < 1.29 is 4.74 Å². The van der Waals surface area contributed by atoms with Gasteiger partial charge in [0.25, 0.3) is 0 Å². The summed E-state index contributed by atoms with van der Waals surface area (Å²) in [5.41, 5.74) is 8.92. The van der Waals surface area contributed by atoms with Crippen molar-refractivity contribution in [1.29, 1.82) is 5.41 Å². The number of piperidine rings is 1. The van der Waals surface area contributed by atoms with Gasteiger partial charge in [0.15, 0.2) is 0 Å². The van der Waals surface area contributed by atoms with Gasteiger partial charge in [0, 0.05) is 41.0 Å². The number of rotatable bonds is 6. The van der Waals surface area contributed by atoms with Gasteiger partial charge in [0.05, 0.1) is 28.0 Å². The molecule has 1 saturated heterocycles. The number of ether oxygens (including phenoxy) is 1. The molecule has 3 aromatic rings. The third-order valence-electron chi connectivity index (χ3n) is 5.20. The standard InChI is InChI=1S/C21H22Cl2N6O/c22-18-9-27-10-19(23)17(18)12-30-15-1-2-20(24)16(7-15)21(25)13-8-28-29(11-13)14-3-5-26-6-4-14/h1-2,7-11,14,25-26H,3-6,12,24H2.